The Morgan fingerprint density at radius 1 is 1.00 bits per heavy atom. The number of rotatable bonds is 8. The van der Waals surface area contributed by atoms with E-state index in [1.165, 1.54) is 0 Å². The lowest BCUT2D eigenvalue weighted by Gasteiger charge is -2.07. The van der Waals surface area contributed by atoms with Gasteiger partial charge < -0.3 is 14.2 Å². The number of benzene rings is 2. The van der Waals surface area contributed by atoms with Gasteiger partial charge in [-0.3, -0.25) is 4.79 Å². The summed E-state index contributed by atoms with van der Waals surface area (Å²) in [5.74, 6) is 0.719. The zero-order chi connectivity index (χ0) is 14.9. The zero-order valence-corrected chi connectivity index (χ0v) is 12.0. The second-order valence-electron chi connectivity index (χ2n) is 4.48. The average molecular weight is 286 g/mol. The van der Waals surface area contributed by atoms with E-state index in [0.29, 0.717) is 12.2 Å². The fourth-order valence-corrected chi connectivity index (χ4v) is 1.78. The van der Waals surface area contributed by atoms with E-state index in [9.17, 15) is 4.79 Å². The molecule has 0 aliphatic heterocycles. The van der Waals surface area contributed by atoms with Crippen LogP contribution in [0.25, 0.3) is 0 Å². The summed E-state index contributed by atoms with van der Waals surface area (Å²) >= 11 is 0. The van der Waals surface area contributed by atoms with Crippen molar-refractivity contribution in [3.63, 3.8) is 0 Å². The summed E-state index contributed by atoms with van der Waals surface area (Å²) < 4.78 is 15.6. The number of methoxy groups -OCH3 is 1. The van der Waals surface area contributed by atoms with Gasteiger partial charge in [0.05, 0.1) is 6.61 Å². The van der Waals surface area contributed by atoms with Gasteiger partial charge in [-0.1, -0.05) is 42.5 Å². The molecular formula is C17H18O4. The van der Waals surface area contributed by atoms with Gasteiger partial charge in [0, 0.05) is 12.7 Å². The number of carbonyl (C=O) groups is 1. The van der Waals surface area contributed by atoms with E-state index in [1.54, 1.807) is 19.2 Å². The summed E-state index contributed by atoms with van der Waals surface area (Å²) in [5.41, 5.74) is 1.65. The molecule has 0 aromatic heterocycles. The van der Waals surface area contributed by atoms with E-state index in [-0.39, 0.29) is 19.2 Å². The largest absolute Gasteiger partial charge is 0.468 e. The maximum absolute atomic E-state index is 11.8. The molecule has 2 aromatic carbocycles. The van der Waals surface area contributed by atoms with Gasteiger partial charge >= 0.3 is 0 Å². The molecule has 0 aliphatic rings. The maximum Gasteiger partial charge on any atom is 0.188 e. The highest BCUT2D eigenvalue weighted by atomic mass is 16.7. The monoisotopic (exact) mass is 286 g/mol. The molecule has 21 heavy (non-hydrogen) atoms. The third-order valence-corrected chi connectivity index (χ3v) is 2.86. The number of ether oxygens (including phenoxy) is 3. The van der Waals surface area contributed by atoms with Crippen LogP contribution in [-0.2, 0) is 16.1 Å². The van der Waals surface area contributed by atoms with Crippen molar-refractivity contribution in [2.75, 3.05) is 20.5 Å². The second-order valence-corrected chi connectivity index (χ2v) is 4.48. The van der Waals surface area contributed by atoms with Crippen molar-refractivity contribution in [2.24, 2.45) is 0 Å². The van der Waals surface area contributed by atoms with Crippen LogP contribution >= 0.6 is 0 Å². The smallest absolute Gasteiger partial charge is 0.188 e. The molecule has 0 heterocycles. The summed E-state index contributed by atoms with van der Waals surface area (Å²) in [5, 5.41) is 0. The van der Waals surface area contributed by atoms with E-state index >= 15 is 0 Å². The predicted molar refractivity (Wildman–Crippen MR) is 79.4 cm³/mol. The molecule has 2 rings (SSSR count). The topological polar surface area (TPSA) is 44.8 Å². The first-order valence-electron chi connectivity index (χ1n) is 6.66. The number of ketones is 1. The van der Waals surface area contributed by atoms with Crippen LogP contribution in [0.15, 0.2) is 54.6 Å². The molecule has 4 heteroatoms. The van der Waals surface area contributed by atoms with Crippen LogP contribution in [0.1, 0.15) is 15.9 Å². The van der Waals surface area contributed by atoms with E-state index in [2.05, 4.69) is 0 Å². The molecule has 0 radical (unpaired) electrons. The van der Waals surface area contributed by atoms with Crippen LogP contribution in [0.5, 0.6) is 5.75 Å². The van der Waals surface area contributed by atoms with Crippen LogP contribution < -0.4 is 4.74 Å². The molecule has 0 saturated heterocycles. The molecular weight excluding hydrogens is 268 g/mol. The number of Topliss-reactive ketones (excluding diaryl/α,β-unsaturated/α-hetero) is 1. The molecule has 0 bridgehead atoms. The highest BCUT2D eigenvalue weighted by Crippen LogP contribution is 2.13. The minimum Gasteiger partial charge on any atom is -0.468 e. The Kier molecular flexibility index (Phi) is 5.94. The Morgan fingerprint density at radius 2 is 1.71 bits per heavy atom. The minimum absolute atomic E-state index is 0.0179. The van der Waals surface area contributed by atoms with Gasteiger partial charge in [-0.05, 0) is 17.7 Å². The Morgan fingerprint density at radius 3 is 2.38 bits per heavy atom. The summed E-state index contributed by atoms with van der Waals surface area (Å²) in [6.45, 7) is 0.691. The zero-order valence-electron chi connectivity index (χ0n) is 12.0. The summed E-state index contributed by atoms with van der Waals surface area (Å²) in [6, 6.07) is 16.6. The highest BCUT2D eigenvalue weighted by Gasteiger charge is 2.05. The lowest BCUT2D eigenvalue weighted by atomic mass is 10.1. The molecule has 0 atom stereocenters. The average Bonchev–Trinajstić information content (AvgIpc) is 2.55. The summed E-state index contributed by atoms with van der Waals surface area (Å²) in [4.78, 5) is 11.8. The van der Waals surface area contributed by atoms with Crippen molar-refractivity contribution in [1.29, 1.82) is 0 Å². The molecule has 110 valence electrons. The van der Waals surface area contributed by atoms with Gasteiger partial charge in [0.2, 0.25) is 0 Å². The second kappa shape index (κ2) is 8.19. The van der Waals surface area contributed by atoms with Crippen molar-refractivity contribution in [3.8, 4) is 5.75 Å². The molecule has 0 N–H and O–H groups in total. The van der Waals surface area contributed by atoms with Crippen molar-refractivity contribution < 1.29 is 19.0 Å². The normalized spacial score (nSPS) is 10.3. The molecule has 4 nitrogen and oxygen atoms in total. The number of hydrogen-bond donors (Lipinski definition) is 0. The molecule has 0 spiro atoms. The summed E-state index contributed by atoms with van der Waals surface area (Å²) in [6.07, 6.45) is 0. The first kappa shape index (κ1) is 15.2. The first-order chi connectivity index (χ1) is 10.3. The molecule has 2 aromatic rings. The fourth-order valence-electron chi connectivity index (χ4n) is 1.78. The van der Waals surface area contributed by atoms with Crippen LogP contribution in [0, 0.1) is 0 Å². The maximum atomic E-state index is 11.8. The summed E-state index contributed by atoms with van der Waals surface area (Å²) in [7, 11) is 1.58. The van der Waals surface area contributed by atoms with E-state index in [0.717, 1.165) is 11.3 Å². The van der Waals surface area contributed by atoms with Gasteiger partial charge in [-0.2, -0.15) is 0 Å². The Bertz CT molecular complexity index is 549. The van der Waals surface area contributed by atoms with Crippen LogP contribution in [-0.4, -0.2) is 26.3 Å². The van der Waals surface area contributed by atoms with E-state index < -0.39 is 0 Å². The van der Waals surface area contributed by atoms with Gasteiger partial charge in [0.25, 0.3) is 0 Å². The molecule has 0 amide bonds. The predicted octanol–water partition coefficient (Wildman–Crippen LogP) is 3.07. The lowest BCUT2D eigenvalue weighted by Crippen LogP contribution is -2.08. The molecule has 0 fully saturated rings. The minimum atomic E-state index is -0.0179. The highest BCUT2D eigenvalue weighted by molar-refractivity contribution is 5.96. The van der Waals surface area contributed by atoms with Gasteiger partial charge in [0.1, 0.15) is 12.4 Å². The Labute approximate surface area is 124 Å². The van der Waals surface area contributed by atoms with Gasteiger partial charge in [-0.25, -0.2) is 0 Å². The van der Waals surface area contributed by atoms with E-state index in [4.69, 9.17) is 14.2 Å². The third kappa shape index (κ3) is 5.02. The van der Waals surface area contributed by atoms with Crippen molar-refractivity contribution >= 4 is 5.78 Å². The first-order valence-corrected chi connectivity index (χ1v) is 6.66. The standard InChI is InChI=1S/C17H18O4/c1-19-13-21-16-9-7-14(8-10-16)11-20-12-17(18)15-5-3-2-4-6-15/h2-10H,11-13H2,1H3. The Balaban J connectivity index is 1.77. The van der Waals surface area contributed by atoms with Crippen LogP contribution in [0.3, 0.4) is 0 Å². The van der Waals surface area contributed by atoms with Gasteiger partial charge in [-0.15, -0.1) is 0 Å². The third-order valence-electron chi connectivity index (χ3n) is 2.86. The quantitative estimate of drug-likeness (QED) is 0.552. The SMILES string of the molecule is COCOc1ccc(COCC(=O)c2ccccc2)cc1. The Hall–Kier alpha value is -2.17. The number of carbonyl (C=O) groups excluding carboxylic acids is 1. The van der Waals surface area contributed by atoms with Crippen molar-refractivity contribution in [1.82, 2.24) is 0 Å². The molecule has 0 aliphatic carbocycles. The van der Waals surface area contributed by atoms with E-state index in [1.807, 2.05) is 42.5 Å². The molecule has 0 unspecified atom stereocenters. The fraction of sp³-hybridized carbons (Fsp3) is 0.235. The van der Waals surface area contributed by atoms with Crippen molar-refractivity contribution in [2.45, 2.75) is 6.61 Å². The van der Waals surface area contributed by atoms with Gasteiger partial charge in [0.15, 0.2) is 12.6 Å². The van der Waals surface area contributed by atoms with Crippen molar-refractivity contribution in [3.05, 3.63) is 65.7 Å². The molecule has 0 saturated carbocycles. The van der Waals surface area contributed by atoms with Crippen LogP contribution in [0.2, 0.25) is 0 Å². The van der Waals surface area contributed by atoms with Crippen LogP contribution in [0.4, 0.5) is 0 Å². The lowest BCUT2D eigenvalue weighted by molar-refractivity contribution is 0.0510. The number of hydrogen-bond acceptors (Lipinski definition) is 4.